The molecule has 118 valence electrons. The highest BCUT2D eigenvalue weighted by Crippen LogP contribution is 2.26. The fraction of sp³-hybridized carbons (Fsp3) is 0.286. The molecule has 2 N–H and O–H groups in total. The summed E-state index contributed by atoms with van der Waals surface area (Å²) in [6.45, 7) is 3.81. The summed E-state index contributed by atoms with van der Waals surface area (Å²) in [4.78, 5) is 0. The molecule has 8 heteroatoms. The summed E-state index contributed by atoms with van der Waals surface area (Å²) in [5.74, 6) is 0.801. The van der Waals surface area contributed by atoms with Crippen LogP contribution in [0.15, 0.2) is 34.8 Å². The van der Waals surface area contributed by atoms with Crippen LogP contribution in [0.3, 0.4) is 0 Å². The predicted molar refractivity (Wildman–Crippen MR) is 91.9 cm³/mol. The smallest absolute Gasteiger partial charge is 0.233 e. The summed E-state index contributed by atoms with van der Waals surface area (Å²) in [6.07, 6.45) is 0.545. The van der Waals surface area contributed by atoms with Gasteiger partial charge in [-0.15, -0.1) is 10.2 Å². The molecule has 1 aromatic carbocycles. The van der Waals surface area contributed by atoms with Gasteiger partial charge in [0, 0.05) is 4.47 Å². The molecule has 2 rings (SSSR count). The van der Waals surface area contributed by atoms with Crippen LogP contribution in [-0.4, -0.2) is 24.4 Å². The zero-order valence-electron chi connectivity index (χ0n) is 12.3. The van der Waals surface area contributed by atoms with Crippen molar-refractivity contribution < 1.29 is 8.42 Å². The van der Waals surface area contributed by atoms with E-state index in [4.69, 9.17) is 0 Å². The Bertz CT molecular complexity index is 748. The van der Waals surface area contributed by atoms with Gasteiger partial charge in [-0.25, -0.2) is 8.42 Å². The predicted octanol–water partition coefficient (Wildman–Crippen LogP) is 3.44. The summed E-state index contributed by atoms with van der Waals surface area (Å²) in [5, 5.41) is 11.0. The second-order valence-electron chi connectivity index (χ2n) is 4.83. The lowest BCUT2D eigenvalue weighted by Crippen LogP contribution is -2.17. The van der Waals surface area contributed by atoms with E-state index >= 15 is 0 Å². The molecule has 0 bridgehead atoms. The van der Waals surface area contributed by atoms with Crippen LogP contribution in [0.5, 0.6) is 0 Å². The average molecular weight is 385 g/mol. The fourth-order valence-electron chi connectivity index (χ4n) is 1.79. The monoisotopic (exact) mass is 384 g/mol. The molecule has 0 saturated carbocycles. The zero-order valence-corrected chi connectivity index (χ0v) is 14.7. The molecule has 0 fully saturated rings. The van der Waals surface area contributed by atoms with Crippen LogP contribution in [0, 0.1) is 6.92 Å². The van der Waals surface area contributed by atoms with Gasteiger partial charge in [-0.05, 0) is 59.1 Å². The van der Waals surface area contributed by atoms with Gasteiger partial charge in [-0.3, -0.25) is 4.72 Å². The Morgan fingerprint density at radius 3 is 2.41 bits per heavy atom. The van der Waals surface area contributed by atoms with Gasteiger partial charge in [0.15, 0.2) is 11.6 Å². The van der Waals surface area contributed by atoms with E-state index in [1.54, 1.807) is 19.1 Å². The highest BCUT2D eigenvalue weighted by molar-refractivity contribution is 9.10. The van der Waals surface area contributed by atoms with Crippen LogP contribution in [0.1, 0.15) is 18.9 Å². The standard InChI is InChI=1S/C14H17BrN4O2S/c1-3-8-22(20,21)19-14-7-6-13(17-18-14)16-12-5-4-10(2)9-11(12)15/h4-7,9H,3,8H2,1-2H3,(H,16,17)(H,18,19). The number of aromatic nitrogens is 2. The van der Waals surface area contributed by atoms with E-state index in [0.717, 1.165) is 15.7 Å². The molecular formula is C14H17BrN4O2S. The normalized spacial score (nSPS) is 11.2. The number of benzene rings is 1. The first-order chi connectivity index (χ1) is 10.4. The molecule has 0 atom stereocenters. The first kappa shape index (κ1) is 16.7. The molecule has 0 amide bonds. The lowest BCUT2D eigenvalue weighted by molar-refractivity contribution is 0.599. The van der Waals surface area contributed by atoms with Crippen LogP contribution in [0.2, 0.25) is 0 Å². The SMILES string of the molecule is CCCS(=O)(=O)Nc1ccc(Nc2ccc(C)cc2Br)nn1. The lowest BCUT2D eigenvalue weighted by Gasteiger charge is -2.09. The van der Waals surface area contributed by atoms with Gasteiger partial charge in [0.05, 0.1) is 11.4 Å². The van der Waals surface area contributed by atoms with Crippen molar-refractivity contribution in [3.05, 3.63) is 40.4 Å². The second kappa shape index (κ2) is 7.06. The first-order valence-corrected chi connectivity index (χ1v) is 9.21. The number of hydrogen-bond acceptors (Lipinski definition) is 5. The third-order valence-corrected chi connectivity index (χ3v) is 4.91. The van der Waals surface area contributed by atoms with E-state index < -0.39 is 10.0 Å². The Morgan fingerprint density at radius 2 is 1.82 bits per heavy atom. The minimum Gasteiger partial charge on any atom is -0.338 e. The van der Waals surface area contributed by atoms with E-state index in [0.29, 0.717) is 12.2 Å². The van der Waals surface area contributed by atoms with Gasteiger partial charge in [0.2, 0.25) is 10.0 Å². The van der Waals surface area contributed by atoms with Crippen LogP contribution >= 0.6 is 15.9 Å². The van der Waals surface area contributed by atoms with E-state index in [9.17, 15) is 8.42 Å². The molecular weight excluding hydrogens is 368 g/mol. The fourth-order valence-corrected chi connectivity index (χ4v) is 3.45. The second-order valence-corrected chi connectivity index (χ2v) is 7.53. The minimum absolute atomic E-state index is 0.0605. The molecule has 1 heterocycles. The number of rotatable bonds is 6. The van der Waals surface area contributed by atoms with Crippen molar-refractivity contribution in [2.45, 2.75) is 20.3 Å². The van der Waals surface area contributed by atoms with Crippen molar-refractivity contribution in [2.24, 2.45) is 0 Å². The topological polar surface area (TPSA) is 84.0 Å². The van der Waals surface area contributed by atoms with E-state index in [2.05, 4.69) is 36.2 Å². The highest BCUT2D eigenvalue weighted by atomic mass is 79.9. The maximum atomic E-state index is 11.7. The molecule has 22 heavy (non-hydrogen) atoms. The van der Waals surface area contributed by atoms with Gasteiger partial charge in [0.25, 0.3) is 0 Å². The zero-order chi connectivity index (χ0) is 16.2. The maximum Gasteiger partial charge on any atom is 0.233 e. The molecule has 0 aliphatic carbocycles. The van der Waals surface area contributed by atoms with Gasteiger partial charge in [0.1, 0.15) is 0 Å². The van der Waals surface area contributed by atoms with Gasteiger partial charge in [-0.2, -0.15) is 0 Å². The third kappa shape index (κ3) is 4.67. The van der Waals surface area contributed by atoms with Gasteiger partial charge < -0.3 is 5.32 Å². The Morgan fingerprint density at radius 1 is 1.14 bits per heavy atom. The largest absolute Gasteiger partial charge is 0.338 e. The first-order valence-electron chi connectivity index (χ1n) is 6.77. The Balaban J connectivity index is 2.09. The van der Waals surface area contributed by atoms with Crippen molar-refractivity contribution in [2.75, 3.05) is 15.8 Å². The third-order valence-electron chi connectivity index (χ3n) is 2.78. The molecule has 0 aliphatic heterocycles. The van der Waals surface area contributed by atoms with Crippen molar-refractivity contribution >= 4 is 43.3 Å². The van der Waals surface area contributed by atoms with Crippen molar-refractivity contribution in [3.8, 4) is 0 Å². The van der Waals surface area contributed by atoms with Crippen molar-refractivity contribution in [3.63, 3.8) is 0 Å². The van der Waals surface area contributed by atoms with E-state index in [1.165, 1.54) is 0 Å². The number of aryl methyl sites for hydroxylation is 1. The summed E-state index contributed by atoms with van der Waals surface area (Å²) in [5.41, 5.74) is 2.00. The molecule has 0 aliphatic rings. The Labute approximate surface area is 138 Å². The summed E-state index contributed by atoms with van der Waals surface area (Å²) >= 11 is 3.47. The van der Waals surface area contributed by atoms with E-state index in [-0.39, 0.29) is 11.6 Å². The number of anilines is 3. The quantitative estimate of drug-likeness (QED) is 0.796. The number of sulfonamides is 1. The summed E-state index contributed by atoms with van der Waals surface area (Å²) in [7, 11) is -3.35. The molecule has 2 aromatic rings. The molecule has 1 aromatic heterocycles. The van der Waals surface area contributed by atoms with Crippen LogP contribution < -0.4 is 10.0 Å². The van der Waals surface area contributed by atoms with Crippen LogP contribution in [-0.2, 0) is 10.0 Å². The lowest BCUT2D eigenvalue weighted by atomic mass is 10.2. The number of halogens is 1. The minimum atomic E-state index is -3.35. The summed E-state index contributed by atoms with van der Waals surface area (Å²) < 4.78 is 26.6. The van der Waals surface area contributed by atoms with Crippen molar-refractivity contribution in [1.82, 2.24) is 10.2 Å². The number of hydrogen-bond donors (Lipinski definition) is 2. The summed E-state index contributed by atoms with van der Waals surface area (Å²) in [6, 6.07) is 9.14. The highest BCUT2D eigenvalue weighted by Gasteiger charge is 2.10. The molecule has 0 radical (unpaired) electrons. The van der Waals surface area contributed by atoms with E-state index in [1.807, 2.05) is 25.1 Å². The van der Waals surface area contributed by atoms with Crippen molar-refractivity contribution in [1.29, 1.82) is 0 Å². The molecule has 0 unspecified atom stereocenters. The number of nitrogens with one attached hydrogen (secondary N) is 2. The average Bonchev–Trinajstić information content (AvgIpc) is 2.43. The van der Waals surface area contributed by atoms with Gasteiger partial charge >= 0.3 is 0 Å². The Kier molecular flexibility index (Phi) is 5.36. The van der Waals surface area contributed by atoms with Gasteiger partial charge in [-0.1, -0.05) is 13.0 Å². The molecule has 0 spiro atoms. The molecule has 0 saturated heterocycles. The Hall–Kier alpha value is -1.67. The maximum absolute atomic E-state index is 11.7. The number of nitrogens with zero attached hydrogens (tertiary/aromatic N) is 2. The molecule has 6 nitrogen and oxygen atoms in total. The van der Waals surface area contributed by atoms with Crippen LogP contribution in [0.25, 0.3) is 0 Å². The van der Waals surface area contributed by atoms with Crippen LogP contribution in [0.4, 0.5) is 17.3 Å².